The van der Waals surface area contributed by atoms with E-state index in [9.17, 15) is 4.79 Å². The lowest BCUT2D eigenvalue weighted by Gasteiger charge is -2.35. The molecular weight excluding hydrogens is 322 g/mol. The third-order valence-corrected chi connectivity index (χ3v) is 5.16. The summed E-state index contributed by atoms with van der Waals surface area (Å²) in [6.45, 7) is 4.56. The number of amides is 1. The lowest BCUT2D eigenvalue weighted by atomic mass is 9.96. The Morgan fingerprint density at radius 3 is 2.79 bits per heavy atom. The number of rotatable bonds is 6. The number of thiazole rings is 1. The van der Waals surface area contributed by atoms with E-state index in [0.717, 1.165) is 38.3 Å². The van der Waals surface area contributed by atoms with Crippen molar-refractivity contribution in [3.63, 3.8) is 0 Å². The largest absolute Gasteiger partial charge is 0.493 e. The van der Waals surface area contributed by atoms with Crippen LogP contribution in [0.25, 0.3) is 0 Å². The number of nitrogens with one attached hydrogen (secondary N) is 1. The number of aromatic nitrogens is 1. The summed E-state index contributed by atoms with van der Waals surface area (Å²) < 4.78 is 5.85. The minimum absolute atomic E-state index is 0.0175. The fraction of sp³-hybridized carbons (Fsp3) is 0.444. The lowest BCUT2D eigenvalue weighted by Crippen LogP contribution is -2.46. The van der Waals surface area contributed by atoms with Crippen molar-refractivity contribution in [2.24, 2.45) is 5.92 Å². The molecule has 1 aromatic carbocycles. The second-order valence-corrected chi connectivity index (χ2v) is 7.00. The Morgan fingerprint density at radius 1 is 1.38 bits per heavy atom. The third kappa shape index (κ3) is 4.55. The first-order valence-electron chi connectivity index (χ1n) is 8.34. The molecule has 24 heavy (non-hydrogen) atoms. The van der Waals surface area contributed by atoms with Crippen molar-refractivity contribution in [1.29, 1.82) is 0 Å². The predicted molar refractivity (Wildman–Crippen MR) is 96.4 cm³/mol. The molecule has 1 fully saturated rings. The summed E-state index contributed by atoms with van der Waals surface area (Å²) in [7, 11) is 0. The number of hydrogen-bond donors (Lipinski definition) is 1. The Labute approximate surface area is 146 Å². The molecule has 2 heterocycles. The van der Waals surface area contributed by atoms with Crippen LogP contribution in [-0.4, -0.2) is 41.5 Å². The first-order chi connectivity index (χ1) is 11.7. The number of nitrogens with zero attached hydrogens (tertiary/aromatic N) is 2. The molecule has 0 aliphatic carbocycles. The molecule has 1 saturated heterocycles. The SMILES string of the molecule is CC(C(=O)Nc1nccs1)N1CCC(COc2ccccc2)CC1. The highest BCUT2D eigenvalue weighted by Gasteiger charge is 2.27. The quantitative estimate of drug-likeness (QED) is 0.873. The number of carbonyl (C=O) groups is 1. The van der Waals surface area contributed by atoms with Crippen molar-refractivity contribution >= 4 is 22.4 Å². The summed E-state index contributed by atoms with van der Waals surface area (Å²) in [6, 6.07) is 9.80. The van der Waals surface area contributed by atoms with Crippen LogP contribution < -0.4 is 10.1 Å². The smallest absolute Gasteiger partial charge is 0.243 e. The molecule has 0 saturated carbocycles. The van der Waals surface area contributed by atoms with Crippen LogP contribution in [0.15, 0.2) is 41.9 Å². The molecule has 0 bridgehead atoms. The van der Waals surface area contributed by atoms with Gasteiger partial charge in [0.15, 0.2) is 5.13 Å². The van der Waals surface area contributed by atoms with Gasteiger partial charge in [0.1, 0.15) is 5.75 Å². The summed E-state index contributed by atoms with van der Waals surface area (Å²) in [5.41, 5.74) is 0. The molecule has 1 N–H and O–H groups in total. The van der Waals surface area contributed by atoms with Crippen molar-refractivity contribution < 1.29 is 9.53 Å². The summed E-state index contributed by atoms with van der Waals surface area (Å²) >= 11 is 1.44. The molecule has 5 nitrogen and oxygen atoms in total. The van der Waals surface area contributed by atoms with Crippen molar-refractivity contribution in [1.82, 2.24) is 9.88 Å². The molecule has 1 aliphatic rings. The molecule has 6 heteroatoms. The maximum absolute atomic E-state index is 12.3. The minimum atomic E-state index is -0.134. The molecule has 1 unspecified atom stereocenters. The summed E-state index contributed by atoms with van der Waals surface area (Å²) in [5.74, 6) is 1.50. The van der Waals surface area contributed by atoms with E-state index < -0.39 is 0 Å². The average molecular weight is 345 g/mol. The van der Waals surface area contributed by atoms with Crippen molar-refractivity contribution in [3.8, 4) is 5.75 Å². The molecular formula is C18H23N3O2S. The lowest BCUT2D eigenvalue weighted by molar-refractivity contribution is -0.121. The van der Waals surface area contributed by atoms with E-state index in [-0.39, 0.29) is 11.9 Å². The van der Waals surface area contributed by atoms with Crippen molar-refractivity contribution in [2.45, 2.75) is 25.8 Å². The summed E-state index contributed by atoms with van der Waals surface area (Å²) in [4.78, 5) is 18.6. The second kappa shape index (κ2) is 8.26. The fourth-order valence-electron chi connectivity index (χ4n) is 2.90. The van der Waals surface area contributed by atoms with Gasteiger partial charge in [0.25, 0.3) is 0 Å². The van der Waals surface area contributed by atoms with Crippen LogP contribution in [0.1, 0.15) is 19.8 Å². The number of para-hydroxylation sites is 1. The highest BCUT2D eigenvalue weighted by atomic mass is 32.1. The first kappa shape index (κ1) is 16.9. The van der Waals surface area contributed by atoms with E-state index in [1.807, 2.05) is 42.6 Å². The molecule has 128 valence electrons. The topological polar surface area (TPSA) is 54.5 Å². The van der Waals surface area contributed by atoms with Crippen LogP contribution in [0.5, 0.6) is 5.75 Å². The molecule has 1 amide bonds. The Kier molecular flexibility index (Phi) is 5.82. The number of anilines is 1. The number of ether oxygens (including phenoxy) is 1. The van der Waals surface area contributed by atoms with Gasteiger partial charge in [-0.3, -0.25) is 9.69 Å². The van der Waals surface area contributed by atoms with E-state index in [2.05, 4.69) is 15.2 Å². The van der Waals surface area contributed by atoms with Crippen molar-refractivity contribution in [3.05, 3.63) is 41.9 Å². The van der Waals surface area contributed by atoms with E-state index in [1.165, 1.54) is 11.3 Å². The highest BCUT2D eigenvalue weighted by molar-refractivity contribution is 7.13. The van der Waals surface area contributed by atoms with Crippen LogP contribution in [0.3, 0.4) is 0 Å². The summed E-state index contributed by atoms with van der Waals surface area (Å²) in [5, 5.41) is 5.40. The van der Waals surface area contributed by atoms with Crippen LogP contribution >= 0.6 is 11.3 Å². The van der Waals surface area contributed by atoms with E-state index in [4.69, 9.17) is 4.74 Å². The normalized spacial score (nSPS) is 17.4. The van der Waals surface area contributed by atoms with Crippen molar-refractivity contribution in [2.75, 3.05) is 25.0 Å². The van der Waals surface area contributed by atoms with Gasteiger partial charge in [-0.1, -0.05) is 18.2 Å². The Hall–Kier alpha value is -1.92. The monoisotopic (exact) mass is 345 g/mol. The summed E-state index contributed by atoms with van der Waals surface area (Å²) in [6.07, 6.45) is 3.81. The van der Waals surface area contributed by atoms with E-state index in [1.54, 1.807) is 6.20 Å². The van der Waals surface area contributed by atoms with Crippen LogP contribution in [0.2, 0.25) is 0 Å². The van der Waals surface area contributed by atoms with E-state index in [0.29, 0.717) is 11.0 Å². The van der Waals surface area contributed by atoms with Crippen LogP contribution in [-0.2, 0) is 4.79 Å². The number of piperidine rings is 1. The standard InChI is InChI=1S/C18H23N3O2S/c1-14(17(22)20-18-19-9-12-24-18)21-10-7-15(8-11-21)13-23-16-5-3-2-4-6-16/h2-6,9,12,14-15H,7-8,10-11,13H2,1H3,(H,19,20,22). The van der Waals surface area contributed by atoms with Crippen LogP contribution in [0.4, 0.5) is 5.13 Å². The highest BCUT2D eigenvalue weighted by Crippen LogP contribution is 2.21. The molecule has 0 radical (unpaired) electrons. The number of likely N-dealkylation sites (tertiary alicyclic amines) is 1. The van der Waals surface area contributed by atoms with Gasteiger partial charge in [0.2, 0.25) is 5.91 Å². The maximum atomic E-state index is 12.3. The molecule has 2 aromatic rings. The molecule has 3 rings (SSSR count). The van der Waals surface area contributed by atoms with Gasteiger partial charge >= 0.3 is 0 Å². The number of carbonyl (C=O) groups excluding carboxylic acids is 1. The van der Waals surface area contributed by atoms with Gasteiger partial charge in [0.05, 0.1) is 12.6 Å². The minimum Gasteiger partial charge on any atom is -0.493 e. The Morgan fingerprint density at radius 2 is 2.12 bits per heavy atom. The number of benzene rings is 1. The average Bonchev–Trinajstić information content (AvgIpc) is 3.13. The molecule has 1 aromatic heterocycles. The predicted octanol–water partition coefficient (Wildman–Crippen LogP) is 3.26. The fourth-order valence-corrected chi connectivity index (χ4v) is 3.43. The zero-order valence-electron chi connectivity index (χ0n) is 13.9. The first-order valence-corrected chi connectivity index (χ1v) is 9.22. The van der Waals surface area contributed by atoms with Gasteiger partial charge in [-0.05, 0) is 50.9 Å². The van der Waals surface area contributed by atoms with Gasteiger partial charge in [-0.15, -0.1) is 11.3 Å². The molecule has 1 aliphatic heterocycles. The van der Waals surface area contributed by atoms with Gasteiger partial charge < -0.3 is 10.1 Å². The Bertz CT molecular complexity index is 625. The maximum Gasteiger partial charge on any atom is 0.243 e. The second-order valence-electron chi connectivity index (χ2n) is 6.11. The number of hydrogen-bond acceptors (Lipinski definition) is 5. The van der Waals surface area contributed by atoms with Crippen LogP contribution in [0, 0.1) is 5.92 Å². The van der Waals surface area contributed by atoms with Gasteiger partial charge in [-0.2, -0.15) is 0 Å². The zero-order chi connectivity index (χ0) is 16.8. The van der Waals surface area contributed by atoms with Gasteiger partial charge in [-0.25, -0.2) is 4.98 Å². The zero-order valence-corrected chi connectivity index (χ0v) is 14.7. The van der Waals surface area contributed by atoms with Gasteiger partial charge in [0, 0.05) is 11.6 Å². The molecule has 1 atom stereocenters. The van der Waals surface area contributed by atoms with E-state index >= 15 is 0 Å². The Balaban J connectivity index is 1.42. The molecule has 0 spiro atoms. The third-order valence-electron chi connectivity index (χ3n) is 4.47.